The Morgan fingerprint density at radius 1 is 1.18 bits per heavy atom. The lowest BCUT2D eigenvalue weighted by atomic mass is 9.86. The molecule has 0 bridgehead atoms. The highest BCUT2D eigenvalue weighted by Gasteiger charge is 2.30. The summed E-state index contributed by atoms with van der Waals surface area (Å²) in [5.41, 5.74) is 0.873. The van der Waals surface area contributed by atoms with Crippen molar-refractivity contribution in [1.82, 2.24) is 5.01 Å². The van der Waals surface area contributed by atoms with Crippen LogP contribution in [0.5, 0.6) is 0 Å². The van der Waals surface area contributed by atoms with E-state index in [1.54, 1.807) is 5.01 Å². The summed E-state index contributed by atoms with van der Waals surface area (Å²) >= 11 is 0. The van der Waals surface area contributed by atoms with E-state index in [0.29, 0.717) is 0 Å². The van der Waals surface area contributed by atoms with Gasteiger partial charge in [-0.15, -0.1) is 0 Å². The zero-order chi connectivity index (χ0) is 12.1. The van der Waals surface area contributed by atoms with Crippen LogP contribution in [0.25, 0.3) is 0 Å². The average Bonchev–Trinajstić information content (AvgIpc) is 2.35. The number of nitrogens with two attached hydrogens (primary N) is 1. The Morgan fingerprint density at radius 2 is 1.82 bits per heavy atom. The van der Waals surface area contributed by atoms with Gasteiger partial charge in [-0.3, -0.25) is 5.84 Å². The Hall–Kier alpha value is -0.900. The first-order valence-corrected chi connectivity index (χ1v) is 6.44. The third kappa shape index (κ3) is 3.80. The molecule has 2 rings (SSSR count). The molecule has 0 spiro atoms. The van der Waals surface area contributed by atoms with E-state index in [2.05, 4.69) is 24.3 Å². The van der Waals surface area contributed by atoms with E-state index in [1.807, 2.05) is 6.07 Å². The zero-order valence-corrected chi connectivity index (χ0v) is 10.3. The maximum Gasteiger partial charge on any atom is 0.0673 e. The largest absolute Gasteiger partial charge is 0.390 e. The lowest BCUT2D eigenvalue weighted by Gasteiger charge is -2.36. The number of benzene rings is 1. The van der Waals surface area contributed by atoms with Gasteiger partial charge in [-0.2, -0.15) is 0 Å². The van der Waals surface area contributed by atoms with Gasteiger partial charge in [-0.05, 0) is 37.7 Å². The van der Waals surface area contributed by atoms with Crippen LogP contribution >= 0.6 is 0 Å². The Labute approximate surface area is 103 Å². The molecule has 0 unspecified atom stereocenters. The molecule has 3 nitrogen and oxygen atoms in total. The molecule has 3 N–H and O–H groups in total. The van der Waals surface area contributed by atoms with E-state index in [1.165, 1.54) is 5.56 Å². The first-order valence-electron chi connectivity index (χ1n) is 6.44. The van der Waals surface area contributed by atoms with E-state index in [4.69, 9.17) is 5.84 Å². The number of piperidine rings is 1. The van der Waals surface area contributed by atoms with Gasteiger partial charge in [0.05, 0.1) is 5.60 Å². The Balaban J connectivity index is 1.75. The van der Waals surface area contributed by atoms with Crippen molar-refractivity contribution < 1.29 is 5.11 Å². The summed E-state index contributed by atoms with van der Waals surface area (Å²) in [5.74, 6) is 5.70. The second-order valence-corrected chi connectivity index (χ2v) is 5.10. The first-order chi connectivity index (χ1) is 8.18. The SMILES string of the molecule is NN1CCC(O)(CCCc2ccccc2)CC1. The highest BCUT2D eigenvalue weighted by Crippen LogP contribution is 2.26. The van der Waals surface area contributed by atoms with Crippen LogP contribution in [0.4, 0.5) is 0 Å². The summed E-state index contributed by atoms with van der Waals surface area (Å²) in [5, 5.41) is 12.2. The molecule has 1 aliphatic heterocycles. The molecule has 0 saturated carbocycles. The van der Waals surface area contributed by atoms with Crippen molar-refractivity contribution in [2.75, 3.05) is 13.1 Å². The molecule has 1 aromatic carbocycles. The van der Waals surface area contributed by atoms with Gasteiger partial charge >= 0.3 is 0 Å². The van der Waals surface area contributed by atoms with Crippen LogP contribution in [-0.4, -0.2) is 28.8 Å². The molecule has 1 aliphatic rings. The fourth-order valence-electron chi connectivity index (χ4n) is 2.46. The smallest absolute Gasteiger partial charge is 0.0673 e. The predicted octanol–water partition coefficient (Wildman–Crippen LogP) is 1.71. The molecule has 1 saturated heterocycles. The number of rotatable bonds is 4. The van der Waals surface area contributed by atoms with Crippen molar-refractivity contribution in [3.05, 3.63) is 35.9 Å². The van der Waals surface area contributed by atoms with Crippen molar-refractivity contribution in [1.29, 1.82) is 0 Å². The highest BCUT2D eigenvalue weighted by molar-refractivity contribution is 5.14. The summed E-state index contributed by atoms with van der Waals surface area (Å²) in [6.45, 7) is 1.61. The maximum atomic E-state index is 10.4. The van der Waals surface area contributed by atoms with E-state index in [0.717, 1.165) is 45.2 Å². The molecule has 94 valence electrons. The number of aliphatic hydroxyl groups is 1. The predicted molar refractivity (Wildman–Crippen MR) is 69.3 cm³/mol. The lowest BCUT2D eigenvalue weighted by Crippen LogP contribution is -2.47. The third-order valence-corrected chi connectivity index (χ3v) is 3.68. The quantitative estimate of drug-likeness (QED) is 0.780. The summed E-state index contributed by atoms with van der Waals surface area (Å²) < 4.78 is 0. The van der Waals surface area contributed by atoms with Crippen molar-refractivity contribution in [3.8, 4) is 0 Å². The second-order valence-electron chi connectivity index (χ2n) is 5.10. The van der Waals surface area contributed by atoms with Gasteiger partial charge < -0.3 is 5.11 Å². The standard InChI is InChI=1S/C14H22N2O/c15-16-11-9-14(17,10-12-16)8-4-7-13-5-2-1-3-6-13/h1-3,5-6,17H,4,7-12,15H2. The van der Waals surface area contributed by atoms with E-state index in [-0.39, 0.29) is 0 Å². The van der Waals surface area contributed by atoms with Crippen LogP contribution in [0, 0.1) is 0 Å². The second kappa shape index (κ2) is 5.63. The highest BCUT2D eigenvalue weighted by atomic mass is 16.3. The molecule has 0 amide bonds. The van der Waals surface area contributed by atoms with E-state index >= 15 is 0 Å². The molecule has 17 heavy (non-hydrogen) atoms. The van der Waals surface area contributed by atoms with Crippen molar-refractivity contribution in [3.63, 3.8) is 0 Å². The Bertz CT molecular complexity index is 331. The molecule has 0 aliphatic carbocycles. The number of hydrazine groups is 1. The molecule has 0 aromatic heterocycles. The van der Waals surface area contributed by atoms with Gasteiger partial charge in [-0.1, -0.05) is 30.3 Å². The topological polar surface area (TPSA) is 49.5 Å². The van der Waals surface area contributed by atoms with E-state index in [9.17, 15) is 5.11 Å². The van der Waals surface area contributed by atoms with Crippen LogP contribution in [0.1, 0.15) is 31.2 Å². The number of aryl methyl sites for hydroxylation is 1. The minimum atomic E-state index is -0.481. The molecule has 1 fully saturated rings. The van der Waals surface area contributed by atoms with Crippen molar-refractivity contribution in [2.24, 2.45) is 5.84 Å². The number of hydrogen-bond acceptors (Lipinski definition) is 3. The molecule has 0 radical (unpaired) electrons. The minimum absolute atomic E-state index is 0.481. The van der Waals surface area contributed by atoms with Crippen LogP contribution in [0.3, 0.4) is 0 Å². The summed E-state index contributed by atoms with van der Waals surface area (Å²) in [7, 11) is 0. The zero-order valence-electron chi connectivity index (χ0n) is 10.3. The van der Waals surface area contributed by atoms with Crippen LogP contribution < -0.4 is 5.84 Å². The van der Waals surface area contributed by atoms with Gasteiger partial charge in [0.15, 0.2) is 0 Å². The Kier molecular flexibility index (Phi) is 4.15. The first kappa shape index (κ1) is 12.6. The molecule has 0 atom stereocenters. The molecule has 1 aromatic rings. The van der Waals surface area contributed by atoms with Crippen LogP contribution in [0.2, 0.25) is 0 Å². The summed E-state index contributed by atoms with van der Waals surface area (Å²) in [6.07, 6.45) is 4.59. The summed E-state index contributed by atoms with van der Waals surface area (Å²) in [6, 6.07) is 10.5. The van der Waals surface area contributed by atoms with Gasteiger partial charge in [0.1, 0.15) is 0 Å². The van der Waals surface area contributed by atoms with Gasteiger partial charge in [-0.25, -0.2) is 5.01 Å². The third-order valence-electron chi connectivity index (χ3n) is 3.68. The molecule has 1 heterocycles. The number of nitrogens with zero attached hydrogens (tertiary/aromatic N) is 1. The molecular formula is C14H22N2O. The van der Waals surface area contributed by atoms with Crippen LogP contribution in [-0.2, 0) is 6.42 Å². The monoisotopic (exact) mass is 234 g/mol. The van der Waals surface area contributed by atoms with Crippen molar-refractivity contribution in [2.45, 2.75) is 37.7 Å². The molecular weight excluding hydrogens is 212 g/mol. The van der Waals surface area contributed by atoms with Crippen molar-refractivity contribution >= 4 is 0 Å². The lowest BCUT2D eigenvalue weighted by molar-refractivity contribution is -0.0290. The van der Waals surface area contributed by atoms with E-state index < -0.39 is 5.60 Å². The minimum Gasteiger partial charge on any atom is -0.390 e. The van der Waals surface area contributed by atoms with Gasteiger partial charge in [0.25, 0.3) is 0 Å². The average molecular weight is 234 g/mol. The normalized spacial score (nSPS) is 20.4. The molecule has 3 heteroatoms. The fraction of sp³-hybridized carbons (Fsp3) is 0.571. The van der Waals surface area contributed by atoms with Gasteiger partial charge in [0.2, 0.25) is 0 Å². The summed E-state index contributed by atoms with van der Waals surface area (Å²) in [4.78, 5) is 0. The maximum absolute atomic E-state index is 10.4. The number of hydrogen-bond donors (Lipinski definition) is 2. The van der Waals surface area contributed by atoms with Gasteiger partial charge in [0, 0.05) is 13.1 Å². The Morgan fingerprint density at radius 3 is 2.47 bits per heavy atom. The van der Waals surface area contributed by atoms with Crippen LogP contribution in [0.15, 0.2) is 30.3 Å². The fourth-order valence-corrected chi connectivity index (χ4v) is 2.46.